The molecule has 2 atom stereocenters. The van der Waals surface area contributed by atoms with Crippen LogP contribution in [0.1, 0.15) is 23.1 Å². The van der Waals surface area contributed by atoms with E-state index in [0.29, 0.717) is 12.5 Å². The Kier molecular flexibility index (Phi) is 5.63. The molecule has 0 spiro atoms. The smallest absolute Gasteiger partial charge is 0.320 e. The number of fused-ring (bicyclic) bond motifs is 1. The molecule has 1 aliphatic heterocycles. The molecule has 0 fully saturated rings. The van der Waals surface area contributed by atoms with E-state index in [1.807, 2.05) is 24.3 Å². The first-order valence-electron chi connectivity index (χ1n) is 10.1. The second-order valence-electron chi connectivity index (χ2n) is 7.78. The van der Waals surface area contributed by atoms with Gasteiger partial charge in [0.15, 0.2) is 0 Å². The lowest BCUT2D eigenvalue weighted by atomic mass is 9.93. The molecule has 0 saturated heterocycles. The van der Waals surface area contributed by atoms with Gasteiger partial charge >= 0.3 is 5.97 Å². The maximum Gasteiger partial charge on any atom is 0.320 e. The molecule has 0 aliphatic carbocycles. The fourth-order valence-electron chi connectivity index (χ4n) is 3.95. The van der Waals surface area contributed by atoms with Crippen molar-refractivity contribution in [2.75, 3.05) is 5.32 Å². The Labute approximate surface area is 171 Å². The summed E-state index contributed by atoms with van der Waals surface area (Å²) < 4.78 is 0. The van der Waals surface area contributed by atoms with E-state index in [2.05, 4.69) is 53.8 Å². The molecule has 148 valence electrons. The number of hydrogen-bond donors (Lipinski definition) is 3. The highest BCUT2D eigenvalue weighted by Gasteiger charge is 2.17. The van der Waals surface area contributed by atoms with Gasteiger partial charge < -0.3 is 16.2 Å². The Balaban J connectivity index is 1.39. The summed E-state index contributed by atoms with van der Waals surface area (Å²) in [6, 6.07) is 24.8. The zero-order valence-electron chi connectivity index (χ0n) is 16.3. The van der Waals surface area contributed by atoms with Gasteiger partial charge in [-0.3, -0.25) is 4.79 Å². The number of nitrogens with one attached hydrogen (secondary N) is 1. The van der Waals surface area contributed by atoms with Crippen molar-refractivity contribution in [3.63, 3.8) is 0 Å². The highest BCUT2D eigenvalue weighted by molar-refractivity contribution is 5.73. The van der Waals surface area contributed by atoms with E-state index in [9.17, 15) is 4.79 Å². The molecule has 29 heavy (non-hydrogen) atoms. The molecule has 0 bridgehead atoms. The summed E-state index contributed by atoms with van der Waals surface area (Å²) in [5.74, 6) is -0.972. The summed E-state index contributed by atoms with van der Waals surface area (Å²) in [4.78, 5) is 10.9. The number of carboxylic acid groups (broad SMARTS) is 1. The van der Waals surface area contributed by atoms with Crippen molar-refractivity contribution >= 4 is 11.7 Å². The SMILES string of the molecule is NC(Cc1ccc(-c2ccc(CC3CCc4ccccc4N3)cc2)cc1)C(=O)O. The van der Waals surface area contributed by atoms with Gasteiger partial charge in [0.1, 0.15) is 6.04 Å². The average molecular weight is 386 g/mol. The predicted octanol–water partition coefficient (Wildman–Crippen LogP) is 4.28. The van der Waals surface area contributed by atoms with Gasteiger partial charge in [-0.25, -0.2) is 0 Å². The van der Waals surface area contributed by atoms with Crippen LogP contribution < -0.4 is 11.1 Å². The van der Waals surface area contributed by atoms with Gasteiger partial charge in [-0.1, -0.05) is 66.7 Å². The monoisotopic (exact) mass is 386 g/mol. The van der Waals surface area contributed by atoms with Gasteiger partial charge in [-0.2, -0.15) is 0 Å². The Morgan fingerprint density at radius 2 is 1.59 bits per heavy atom. The highest BCUT2D eigenvalue weighted by Crippen LogP contribution is 2.27. The van der Waals surface area contributed by atoms with Crippen molar-refractivity contribution < 1.29 is 9.90 Å². The quantitative estimate of drug-likeness (QED) is 0.591. The van der Waals surface area contributed by atoms with E-state index < -0.39 is 12.0 Å². The first-order valence-corrected chi connectivity index (χ1v) is 10.1. The number of nitrogens with two attached hydrogens (primary N) is 1. The summed E-state index contributed by atoms with van der Waals surface area (Å²) >= 11 is 0. The average Bonchev–Trinajstić information content (AvgIpc) is 2.75. The van der Waals surface area contributed by atoms with Crippen LogP contribution >= 0.6 is 0 Å². The number of rotatable bonds is 6. The minimum absolute atomic E-state index is 0.339. The van der Waals surface area contributed by atoms with Gasteiger partial charge in [0.05, 0.1) is 0 Å². The Morgan fingerprint density at radius 1 is 0.966 bits per heavy atom. The Bertz CT molecular complexity index is 980. The third kappa shape index (κ3) is 4.66. The van der Waals surface area contributed by atoms with Crippen LogP contribution in [-0.4, -0.2) is 23.2 Å². The fourth-order valence-corrected chi connectivity index (χ4v) is 3.95. The van der Waals surface area contributed by atoms with E-state index in [4.69, 9.17) is 10.8 Å². The van der Waals surface area contributed by atoms with Crippen molar-refractivity contribution in [2.45, 2.75) is 37.8 Å². The summed E-state index contributed by atoms with van der Waals surface area (Å²) in [5.41, 5.74) is 12.8. The van der Waals surface area contributed by atoms with E-state index in [1.165, 1.54) is 16.8 Å². The molecule has 4 nitrogen and oxygen atoms in total. The summed E-state index contributed by atoms with van der Waals surface area (Å²) in [6.45, 7) is 0. The third-order valence-corrected chi connectivity index (χ3v) is 5.64. The van der Waals surface area contributed by atoms with Gasteiger partial charge in [-0.05, 0) is 59.6 Å². The van der Waals surface area contributed by atoms with Gasteiger partial charge in [-0.15, -0.1) is 0 Å². The minimum atomic E-state index is -0.972. The molecule has 4 heteroatoms. The van der Waals surface area contributed by atoms with Gasteiger partial charge in [0.2, 0.25) is 0 Å². The largest absolute Gasteiger partial charge is 0.480 e. The first-order chi connectivity index (χ1) is 14.1. The molecule has 4 N–H and O–H groups in total. The highest BCUT2D eigenvalue weighted by atomic mass is 16.4. The molecule has 4 rings (SSSR count). The number of para-hydroxylation sites is 1. The van der Waals surface area contributed by atoms with E-state index >= 15 is 0 Å². The lowest BCUT2D eigenvalue weighted by Crippen LogP contribution is -2.32. The zero-order chi connectivity index (χ0) is 20.2. The Morgan fingerprint density at radius 3 is 2.24 bits per heavy atom. The van der Waals surface area contributed by atoms with E-state index in [1.54, 1.807) is 0 Å². The number of carbonyl (C=O) groups is 1. The van der Waals surface area contributed by atoms with Crippen LogP contribution in [0.2, 0.25) is 0 Å². The normalized spacial score (nSPS) is 16.5. The molecule has 0 saturated carbocycles. The molecule has 1 heterocycles. The predicted molar refractivity (Wildman–Crippen MR) is 117 cm³/mol. The number of carboxylic acids is 1. The standard InChI is InChI=1S/C25H26N2O2/c26-23(25(28)29)16-18-7-11-20(12-8-18)19-9-5-17(6-10-19)15-22-14-13-21-3-1-2-4-24(21)27-22/h1-12,22-23,27H,13-16,26H2,(H,28,29). The molecule has 2 unspecified atom stereocenters. The number of aliphatic carboxylic acids is 1. The van der Waals surface area contributed by atoms with Crippen LogP contribution in [-0.2, 0) is 24.1 Å². The zero-order valence-corrected chi connectivity index (χ0v) is 16.3. The molecule has 3 aromatic carbocycles. The lowest BCUT2D eigenvalue weighted by Gasteiger charge is -2.27. The van der Waals surface area contributed by atoms with Crippen molar-refractivity contribution in [2.24, 2.45) is 5.73 Å². The second kappa shape index (κ2) is 8.50. The number of hydrogen-bond acceptors (Lipinski definition) is 3. The molecular formula is C25H26N2O2. The van der Waals surface area contributed by atoms with Crippen molar-refractivity contribution in [1.82, 2.24) is 0 Å². The van der Waals surface area contributed by atoms with Crippen LogP contribution in [0.4, 0.5) is 5.69 Å². The molecule has 0 radical (unpaired) electrons. The van der Waals surface area contributed by atoms with E-state index in [0.717, 1.165) is 36.0 Å². The van der Waals surface area contributed by atoms with Crippen LogP contribution in [0.25, 0.3) is 11.1 Å². The van der Waals surface area contributed by atoms with Gasteiger partial charge in [0.25, 0.3) is 0 Å². The van der Waals surface area contributed by atoms with Crippen LogP contribution in [0.15, 0.2) is 72.8 Å². The van der Waals surface area contributed by atoms with Gasteiger partial charge in [0, 0.05) is 11.7 Å². The summed E-state index contributed by atoms with van der Waals surface area (Å²) in [7, 11) is 0. The van der Waals surface area contributed by atoms with E-state index in [-0.39, 0.29) is 0 Å². The fraction of sp³-hybridized carbons (Fsp3) is 0.240. The molecule has 0 amide bonds. The maximum atomic E-state index is 10.9. The Hall–Kier alpha value is -3.11. The van der Waals surface area contributed by atoms with Crippen LogP contribution in [0.5, 0.6) is 0 Å². The second-order valence-corrected chi connectivity index (χ2v) is 7.78. The molecule has 3 aromatic rings. The number of benzene rings is 3. The minimum Gasteiger partial charge on any atom is -0.480 e. The van der Waals surface area contributed by atoms with Crippen LogP contribution in [0.3, 0.4) is 0 Å². The lowest BCUT2D eigenvalue weighted by molar-refractivity contribution is -0.138. The molecular weight excluding hydrogens is 360 g/mol. The van der Waals surface area contributed by atoms with Crippen molar-refractivity contribution in [3.8, 4) is 11.1 Å². The van der Waals surface area contributed by atoms with Crippen molar-refractivity contribution in [1.29, 1.82) is 0 Å². The first kappa shape index (κ1) is 19.2. The topological polar surface area (TPSA) is 75.3 Å². The van der Waals surface area contributed by atoms with Crippen molar-refractivity contribution in [3.05, 3.63) is 89.5 Å². The number of aryl methyl sites for hydroxylation is 1. The number of anilines is 1. The summed E-state index contributed by atoms with van der Waals surface area (Å²) in [5, 5.41) is 12.6. The summed E-state index contributed by atoms with van der Waals surface area (Å²) in [6.07, 6.45) is 3.63. The molecule has 1 aliphatic rings. The maximum absolute atomic E-state index is 10.9. The van der Waals surface area contributed by atoms with Crippen LogP contribution in [0, 0.1) is 0 Å². The molecule has 0 aromatic heterocycles. The third-order valence-electron chi connectivity index (χ3n) is 5.64.